The normalized spacial score (nSPS) is 12.5. The number of halogens is 1. The van der Waals surface area contributed by atoms with E-state index in [1.54, 1.807) is 24.3 Å². The van der Waals surface area contributed by atoms with Crippen LogP contribution in [0.2, 0.25) is 5.02 Å². The van der Waals surface area contributed by atoms with Crippen LogP contribution in [-0.2, 0) is 32.6 Å². The van der Waals surface area contributed by atoms with Gasteiger partial charge in [-0.2, -0.15) is 0 Å². The molecule has 0 radical (unpaired) electrons. The zero-order valence-electron chi connectivity index (χ0n) is 27.2. The number of rotatable bonds is 15. The van der Waals surface area contributed by atoms with Crippen LogP contribution in [-0.4, -0.2) is 50.4 Å². The number of carbonyl (C=O) groups excluding carboxylic acids is 2. The second-order valence-corrected chi connectivity index (χ2v) is 13.7. The van der Waals surface area contributed by atoms with Gasteiger partial charge in [-0.25, -0.2) is 8.42 Å². The van der Waals surface area contributed by atoms with Crippen molar-refractivity contribution in [2.24, 2.45) is 0 Å². The Morgan fingerprint density at radius 3 is 2.09 bits per heavy atom. The van der Waals surface area contributed by atoms with Crippen molar-refractivity contribution in [1.29, 1.82) is 0 Å². The maximum Gasteiger partial charge on any atom is 0.264 e. The van der Waals surface area contributed by atoms with E-state index in [1.807, 2.05) is 82.3 Å². The van der Waals surface area contributed by atoms with Gasteiger partial charge in [0.05, 0.1) is 17.2 Å². The largest absolute Gasteiger partial charge is 0.494 e. The van der Waals surface area contributed by atoms with Crippen molar-refractivity contribution >= 4 is 39.1 Å². The minimum absolute atomic E-state index is 0.0241. The number of aryl methyl sites for hydroxylation is 1. The summed E-state index contributed by atoms with van der Waals surface area (Å²) in [5.41, 5.74) is 3.01. The van der Waals surface area contributed by atoms with E-state index in [2.05, 4.69) is 5.32 Å². The van der Waals surface area contributed by atoms with E-state index in [1.165, 1.54) is 29.2 Å². The van der Waals surface area contributed by atoms with Crippen LogP contribution in [0.15, 0.2) is 108 Å². The van der Waals surface area contributed by atoms with Gasteiger partial charge in [0, 0.05) is 24.0 Å². The minimum Gasteiger partial charge on any atom is -0.494 e. The van der Waals surface area contributed by atoms with Gasteiger partial charge >= 0.3 is 0 Å². The van der Waals surface area contributed by atoms with Gasteiger partial charge in [-0.3, -0.25) is 13.9 Å². The summed E-state index contributed by atoms with van der Waals surface area (Å²) in [5, 5.41) is 3.44. The number of ether oxygens (including phenoxy) is 1. The summed E-state index contributed by atoms with van der Waals surface area (Å²) in [6.45, 7) is 7.71. The highest BCUT2D eigenvalue weighted by molar-refractivity contribution is 7.92. The number of sulfonamides is 1. The van der Waals surface area contributed by atoms with Crippen LogP contribution in [0.4, 0.5) is 5.69 Å². The number of anilines is 1. The molecule has 47 heavy (non-hydrogen) atoms. The molecular formula is C37H42ClN3O5S. The quantitative estimate of drug-likeness (QED) is 0.150. The van der Waals surface area contributed by atoms with Gasteiger partial charge in [-0.15, -0.1) is 0 Å². The monoisotopic (exact) mass is 675 g/mol. The van der Waals surface area contributed by atoms with E-state index in [4.69, 9.17) is 16.3 Å². The maximum atomic E-state index is 14.6. The lowest BCUT2D eigenvalue weighted by molar-refractivity contribution is -0.140. The first-order chi connectivity index (χ1) is 22.5. The third-order valence-corrected chi connectivity index (χ3v) is 9.90. The summed E-state index contributed by atoms with van der Waals surface area (Å²) in [6, 6.07) is 28.5. The number of hydrogen-bond donors (Lipinski definition) is 1. The van der Waals surface area contributed by atoms with E-state index in [0.29, 0.717) is 23.8 Å². The third-order valence-electron chi connectivity index (χ3n) is 7.86. The van der Waals surface area contributed by atoms with Crippen LogP contribution in [0, 0.1) is 6.92 Å². The summed E-state index contributed by atoms with van der Waals surface area (Å²) in [7, 11) is -4.25. The van der Waals surface area contributed by atoms with Crippen molar-refractivity contribution in [3.8, 4) is 5.75 Å². The molecule has 0 unspecified atom stereocenters. The van der Waals surface area contributed by atoms with Crippen molar-refractivity contribution < 1.29 is 22.7 Å². The molecule has 0 aliphatic rings. The van der Waals surface area contributed by atoms with Crippen molar-refractivity contribution in [2.45, 2.75) is 64.1 Å². The summed E-state index contributed by atoms with van der Waals surface area (Å²) in [6.07, 6.45) is 0.953. The maximum absolute atomic E-state index is 14.6. The van der Waals surface area contributed by atoms with E-state index in [-0.39, 0.29) is 35.5 Å². The Morgan fingerprint density at radius 2 is 1.49 bits per heavy atom. The van der Waals surface area contributed by atoms with Crippen molar-refractivity contribution in [3.05, 3.63) is 125 Å². The molecule has 0 bridgehead atoms. The molecule has 0 aliphatic carbocycles. The minimum atomic E-state index is -4.25. The molecule has 0 spiro atoms. The fraction of sp³-hybridized carbons (Fsp3) is 0.297. The fourth-order valence-corrected chi connectivity index (χ4v) is 6.56. The van der Waals surface area contributed by atoms with E-state index >= 15 is 0 Å². The van der Waals surface area contributed by atoms with Crippen LogP contribution in [0.1, 0.15) is 43.9 Å². The predicted molar refractivity (Wildman–Crippen MR) is 187 cm³/mol. The van der Waals surface area contributed by atoms with Crippen LogP contribution >= 0.6 is 11.6 Å². The van der Waals surface area contributed by atoms with Gasteiger partial charge in [-0.1, -0.05) is 78.7 Å². The summed E-state index contributed by atoms with van der Waals surface area (Å²) in [4.78, 5) is 30.0. The van der Waals surface area contributed by atoms with Gasteiger partial charge in [-0.05, 0) is 86.8 Å². The van der Waals surface area contributed by atoms with Crippen LogP contribution in [0.3, 0.4) is 0 Å². The second kappa shape index (κ2) is 16.5. The topological polar surface area (TPSA) is 96.0 Å². The molecule has 0 aromatic heterocycles. The number of nitrogens with zero attached hydrogens (tertiary/aromatic N) is 2. The van der Waals surface area contributed by atoms with Gasteiger partial charge < -0.3 is 15.0 Å². The molecule has 2 amide bonds. The highest BCUT2D eigenvalue weighted by atomic mass is 35.5. The first-order valence-electron chi connectivity index (χ1n) is 15.7. The van der Waals surface area contributed by atoms with Gasteiger partial charge in [0.2, 0.25) is 11.8 Å². The Kier molecular flexibility index (Phi) is 12.4. The average molecular weight is 676 g/mol. The highest BCUT2D eigenvalue weighted by Gasteiger charge is 2.35. The zero-order valence-corrected chi connectivity index (χ0v) is 28.8. The molecule has 0 aliphatic heterocycles. The number of hydrogen-bond acceptors (Lipinski definition) is 5. The standard InChI is InChI=1S/C37H42ClN3O5S/c1-5-28(4)39-37(43)35(24-29-10-8-7-9-11-29)40(25-30-14-12-27(3)13-15-30)36(42)26-41(32-18-20-33(21-19-32)46-6-2)47(44,45)34-22-16-31(38)17-23-34/h7-23,28,35H,5-6,24-26H2,1-4H3,(H,39,43)/t28-,35+/m1/s1. The molecule has 2 atom stereocenters. The van der Waals surface area contributed by atoms with E-state index in [9.17, 15) is 18.0 Å². The Hall–Kier alpha value is -4.34. The fourth-order valence-electron chi connectivity index (χ4n) is 5.02. The Balaban J connectivity index is 1.80. The lowest BCUT2D eigenvalue weighted by atomic mass is 10.0. The molecule has 0 fully saturated rings. The van der Waals surface area contributed by atoms with Gasteiger partial charge in [0.15, 0.2) is 0 Å². The molecule has 0 saturated carbocycles. The molecule has 8 nitrogen and oxygen atoms in total. The lowest BCUT2D eigenvalue weighted by Crippen LogP contribution is -2.54. The number of benzene rings is 4. The SMILES string of the molecule is CCOc1ccc(N(CC(=O)N(Cc2ccc(C)cc2)[C@@H](Cc2ccccc2)C(=O)N[C@H](C)CC)S(=O)(=O)c2ccc(Cl)cc2)cc1. The van der Waals surface area contributed by atoms with Crippen molar-refractivity contribution in [2.75, 3.05) is 17.5 Å². The Bertz CT molecular complexity index is 1720. The lowest BCUT2D eigenvalue weighted by Gasteiger charge is -2.34. The van der Waals surface area contributed by atoms with Crippen LogP contribution in [0.5, 0.6) is 5.75 Å². The van der Waals surface area contributed by atoms with Crippen LogP contribution in [0.25, 0.3) is 0 Å². The summed E-state index contributed by atoms with van der Waals surface area (Å²) >= 11 is 6.07. The first kappa shape index (κ1) is 35.5. The summed E-state index contributed by atoms with van der Waals surface area (Å²) < 4.78 is 35.0. The second-order valence-electron chi connectivity index (χ2n) is 11.4. The van der Waals surface area contributed by atoms with Crippen LogP contribution < -0.4 is 14.4 Å². The Morgan fingerprint density at radius 1 is 0.851 bits per heavy atom. The molecule has 248 valence electrons. The molecular weight excluding hydrogens is 634 g/mol. The molecule has 10 heteroatoms. The number of carbonyl (C=O) groups is 2. The van der Waals surface area contributed by atoms with Gasteiger partial charge in [0.25, 0.3) is 10.0 Å². The Labute approximate surface area is 283 Å². The zero-order chi connectivity index (χ0) is 34.0. The highest BCUT2D eigenvalue weighted by Crippen LogP contribution is 2.28. The first-order valence-corrected chi connectivity index (χ1v) is 17.5. The smallest absolute Gasteiger partial charge is 0.264 e. The van der Waals surface area contributed by atoms with Crippen molar-refractivity contribution in [3.63, 3.8) is 0 Å². The molecule has 0 heterocycles. The number of amides is 2. The third kappa shape index (κ3) is 9.59. The molecule has 4 aromatic rings. The average Bonchev–Trinajstić information content (AvgIpc) is 3.07. The van der Waals surface area contributed by atoms with Gasteiger partial charge in [0.1, 0.15) is 18.3 Å². The predicted octanol–water partition coefficient (Wildman–Crippen LogP) is 6.80. The molecule has 4 rings (SSSR count). The van der Waals surface area contributed by atoms with E-state index in [0.717, 1.165) is 21.0 Å². The number of nitrogens with one attached hydrogen (secondary N) is 1. The van der Waals surface area contributed by atoms with E-state index < -0.39 is 28.5 Å². The molecule has 0 saturated heterocycles. The molecule has 1 N–H and O–H groups in total. The molecule has 4 aromatic carbocycles. The summed E-state index contributed by atoms with van der Waals surface area (Å²) in [5.74, 6) is -0.272. The van der Waals surface area contributed by atoms with Crippen molar-refractivity contribution in [1.82, 2.24) is 10.2 Å².